The van der Waals surface area contributed by atoms with Crippen molar-refractivity contribution in [3.8, 4) is 17.3 Å². The highest BCUT2D eigenvalue weighted by atomic mass is 32.2. The minimum absolute atomic E-state index is 0.252. The topological polar surface area (TPSA) is 72.3 Å². The molecule has 0 fully saturated rings. The van der Waals surface area contributed by atoms with Gasteiger partial charge in [-0.2, -0.15) is 4.98 Å². The molecular formula is C13H10N2O3S. The first-order valence-electron chi connectivity index (χ1n) is 5.59. The lowest BCUT2D eigenvalue weighted by molar-refractivity contribution is 0.390. The molecule has 3 rings (SSSR count). The number of benzene rings is 1. The lowest BCUT2D eigenvalue weighted by Gasteiger charge is -1.97. The third kappa shape index (κ3) is 2.79. The van der Waals surface area contributed by atoms with Crippen LogP contribution >= 0.6 is 11.8 Å². The summed E-state index contributed by atoms with van der Waals surface area (Å²) in [6, 6.07) is 10.5. The van der Waals surface area contributed by atoms with E-state index in [9.17, 15) is 5.11 Å². The van der Waals surface area contributed by atoms with Crippen molar-refractivity contribution in [1.82, 2.24) is 10.1 Å². The molecule has 0 unspecified atom stereocenters. The van der Waals surface area contributed by atoms with Crippen LogP contribution in [-0.2, 0) is 5.75 Å². The number of hydrogen-bond acceptors (Lipinski definition) is 6. The molecule has 1 N–H and O–H groups in total. The van der Waals surface area contributed by atoms with E-state index in [0.717, 1.165) is 4.90 Å². The Kier molecular flexibility index (Phi) is 3.24. The van der Waals surface area contributed by atoms with Gasteiger partial charge in [0.15, 0.2) is 5.76 Å². The monoisotopic (exact) mass is 274 g/mol. The van der Waals surface area contributed by atoms with Gasteiger partial charge in [0.1, 0.15) is 5.75 Å². The van der Waals surface area contributed by atoms with Crippen LogP contribution in [0.25, 0.3) is 11.6 Å². The summed E-state index contributed by atoms with van der Waals surface area (Å²) in [6.45, 7) is 0. The van der Waals surface area contributed by atoms with Gasteiger partial charge in [0.2, 0.25) is 11.7 Å². The van der Waals surface area contributed by atoms with E-state index in [0.29, 0.717) is 23.2 Å². The van der Waals surface area contributed by atoms with E-state index in [1.807, 2.05) is 12.1 Å². The average Bonchev–Trinajstić information content (AvgIpc) is 3.09. The maximum atomic E-state index is 9.19. The van der Waals surface area contributed by atoms with E-state index < -0.39 is 0 Å². The van der Waals surface area contributed by atoms with E-state index in [-0.39, 0.29) is 5.75 Å². The zero-order chi connectivity index (χ0) is 13.1. The summed E-state index contributed by atoms with van der Waals surface area (Å²) in [5.74, 6) is 2.39. The Morgan fingerprint density at radius 3 is 2.74 bits per heavy atom. The number of nitrogens with zero attached hydrogens (tertiary/aromatic N) is 2. The van der Waals surface area contributed by atoms with Crippen molar-refractivity contribution >= 4 is 11.8 Å². The maximum absolute atomic E-state index is 9.19. The van der Waals surface area contributed by atoms with Crippen LogP contribution in [0.2, 0.25) is 0 Å². The van der Waals surface area contributed by atoms with Gasteiger partial charge in [-0.1, -0.05) is 5.16 Å². The Hall–Kier alpha value is -2.21. The van der Waals surface area contributed by atoms with Crippen molar-refractivity contribution in [2.24, 2.45) is 0 Å². The van der Waals surface area contributed by atoms with Gasteiger partial charge in [-0.15, -0.1) is 11.8 Å². The molecule has 2 aromatic heterocycles. The smallest absolute Gasteiger partial charge is 0.238 e. The van der Waals surface area contributed by atoms with Crippen LogP contribution in [0.3, 0.4) is 0 Å². The van der Waals surface area contributed by atoms with E-state index in [2.05, 4.69) is 10.1 Å². The molecule has 0 bridgehead atoms. The van der Waals surface area contributed by atoms with Crippen molar-refractivity contribution in [3.05, 3.63) is 48.6 Å². The highest BCUT2D eigenvalue weighted by molar-refractivity contribution is 7.98. The minimum Gasteiger partial charge on any atom is -0.508 e. The molecular weight excluding hydrogens is 264 g/mol. The quantitative estimate of drug-likeness (QED) is 0.736. The van der Waals surface area contributed by atoms with Crippen molar-refractivity contribution in [2.45, 2.75) is 10.6 Å². The lowest BCUT2D eigenvalue weighted by Crippen LogP contribution is -1.81. The Morgan fingerprint density at radius 1 is 1.16 bits per heavy atom. The number of thioether (sulfide) groups is 1. The first kappa shape index (κ1) is 11.9. The third-order valence-corrected chi connectivity index (χ3v) is 3.41. The molecule has 3 aromatic rings. The molecule has 0 saturated heterocycles. The highest BCUT2D eigenvalue weighted by Gasteiger charge is 2.10. The summed E-state index contributed by atoms with van der Waals surface area (Å²) >= 11 is 1.55. The fourth-order valence-corrected chi connectivity index (χ4v) is 2.24. The number of aromatic nitrogens is 2. The van der Waals surface area contributed by atoms with E-state index in [1.165, 1.54) is 0 Å². The second-order valence-electron chi connectivity index (χ2n) is 3.77. The number of furan rings is 1. The summed E-state index contributed by atoms with van der Waals surface area (Å²) < 4.78 is 10.3. The fourth-order valence-electron chi connectivity index (χ4n) is 1.51. The van der Waals surface area contributed by atoms with Crippen molar-refractivity contribution < 1.29 is 14.0 Å². The molecule has 0 saturated carbocycles. The third-order valence-electron chi connectivity index (χ3n) is 2.41. The standard InChI is InChI=1S/C13H10N2O3S/c16-9-3-5-10(6-4-9)19-8-12-14-13(15-18-12)11-2-1-7-17-11/h1-7,16H,8H2. The summed E-state index contributed by atoms with van der Waals surface area (Å²) in [6.07, 6.45) is 1.57. The predicted molar refractivity (Wildman–Crippen MR) is 69.7 cm³/mol. The molecule has 0 aliphatic heterocycles. The van der Waals surface area contributed by atoms with E-state index in [4.69, 9.17) is 8.94 Å². The summed E-state index contributed by atoms with van der Waals surface area (Å²) in [7, 11) is 0. The molecule has 0 radical (unpaired) electrons. The summed E-state index contributed by atoms with van der Waals surface area (Å²) in [5, 5.41) is 13.0. The number of phenols is 1. The van der Waals surface area contributed by atoms with Gasteiger partial charge in [0, 0.05) is 4.90 Å². The molecule has 19 heavy (non-hydrogen) atoms. The largest absolute Gasteiger partial charge is 0.508 e. The number of aromatic hydroxyl groups is 1. The molecule has 2 heterocycles. The van der Waals surface area contributed by atoms with Crippen LogP contribution in [0.15, 0.2) is 56.5 Å². The number of hydrogen-bond donors (Lipinski definition) is 1. The molecule has 0 aliphatic carbocycles. The molecule has 0 atom stereocenters. The van der Waals surface area contributed by atoms with Crippen LogP contribution in [-0.4, -0.2) is 15.2 Å². The second-order valence-corrected chi connectivity index (χ2v) is 4.82. The van der Waals surface area contributed by atoms with Gasteiger partial charge in [-0.3, -0.25) is 0 Å². The Balaban J connectivity index is 1.66. The lowest BCUT2D eigenvalue weighted by atomic mass is 10.3. The first-order valence-corrected chi connectivity index (χ1v) is 6.58. The van der Waals surface area contributed by atoms with E-state index in [1.54, 1.807) is 42.3 Å². The predicted octanol–water partition coefficient (Wildman–Crippen LogP) is 3.33. The number of rotatable bonds is 4. The minimum atomic E-state index is 0.252. The van der Waals surface area contributed by atoms with Gasteiger partial charge in [-0.05, 0) is 36.4 Å². The van der Waals surface area contributed by atoms with E-state index >= 15 is 0 Å². The molecule has 0 amide bonds. The summed E-state index contributed by atoms with van der Waals surface area (Å²) in [5.41, 5.74) is 0. The molecule has 1 aromatic carbocycles. The van der Waals surface area contributed by atoms with Gasteiger partial charge in [-0.25, -0.2) is 0 Å². The van der Waals surface area contributed by atoms with Gasteiger partial charge in [0.25, 0.3) is 0 Å². The highest BCUT2D eigenvalue weighted by Crippen LogP contribution is 2.25. The Labute approximate surface area is 113 Å². The maximum Gasteiger partial charge on any atom is 0.238 e. The molecule has 5 nitrogen and oxygen atoms in total. The van der Waals surface area contributed by atoms with Crippen LogP contribution in [0, 0.1) is 0 Å². The van der Waals surface area contributed by atoms with Crippen LogP contribution < -0.4 is 0 Å². The van der Waals surface area contributed by atoms with Gasteiger partial charge >= 0.3 is 0 Å². The molecule has 0 aliphatic rings. The number of phenolic OH excluding ortho intramolecular Hbond substituents is 1. The normalized spacial score (nSPS) is 10.7. The fraction of sp³-hybridized carbons (Fsp3) is 0.0769. The van der Waals surface area contributed by atoms with Crippen LogP contribution in [0.4, 0.5) is 0 Å². The Bertz CT molecular complexity index is 647. The van der Waals surface area contributed by atoms with Gasteiger partial charge < -0.3 is 14.0 Å². The van der Waals surface area contributed by atoms with Crippen molar-refractivity contribution in [3.63, 3.8) is 0 Å². The SMILES string of the molecule is Oc1ccc(SCc2nc(-c3ccco3)no2)cc1. The zero-order valence-corrected chi connectivity index (χ0v) is 10.6. The van der Waals surface area contributed by atoms with Crippen LogP contribution in [0.1, 0.15) is 5.89 Å². The molecule has 0 spiro atoms. The van der Waals surface area contributed by atoms with Crippen molar-refractivity contribution in [2.75, 3.05) is 0 Å². The first-order chi connectivity index (χ1) is 9.31. The van der Waals surface area contributed by atoms with Gasteiger partial charge in [0.05, 0.1) is 12.0 Å². The van der Waals surface area contributed by atoms with Crippen LogP contribution in [0.5, 0.6) is 5.75 Å². The van der Waals surface area contributed by atoms with Crippen molar-refractivity contribution in [1.29, 1.82) is 0 Å². The Morgan fingerprint density at radius 2 is 2.00 bits per heavy atom. The summed E-state index contributed by atoms with van der Waals surface area (Å²) in [4.78, 5) is 5.27. The second kappa shape index (κ2) is 5.19. The molecule has 6 heteroatoms. The molecule has 96 valence electrons. The average molecular weight is 274 g/mol. The zero-order valence-electron chi connectivity index (χ0n) is 9.81.